The van der Waals surface area contributed by atoms with Crippen LogP contribution < -0.4 is 0 Å². The number of benzene rings is 2. The fourth-order valence-electron chi connectivity index (χ4n) is 2.11. The van der Waals surface area contributed by atoms with Crippen molar-refractivity contribution in [2.45, 2.75) is 6.92 Å². The van der Waals surface area contributed by atoms with Crippen molar-refractivity contribution in [3.8, 4) is 0 Å². The van der Waals surface area contributed by atoms with Gasteiger partial charge in [-0.05, 0) is 13.0 Å². The van der Waals surface area contributed by atoms with Crippen molar-refractivity contribution in [3.05, 3.63) is 71.3 Å². The summed E-state index contributed by atoms with van der Waals surface area (Å²) >= 11 is 0. The molecule has 0 radical (unpaired) electrons. The minimum absolute atomic E-state index is 0.0492. The van der Waals surface area contributed by atoms with E-state index in [-0.39, 0.29) is 18.0 Å². The quantitative estimate of drug-likeness (QED) is 0.621. The summed E-state index contributed by atoms with van der Waals surface area (Å²) in [7, 11) is -3.95. The van der Waals surface area contributed by atoms with Crippen molar-refractivity contribution < 1.29 is 23.6 Å². The highest BCUT2D eigenvalue weighted by Gasteiger charge is 2.24. The second-order valence-electron chi connectivity index (χ2n) is 4.91. The number of ketones is 2. The smallest absolute Gasteiger partial charge is 0.324 e. The van der Waals surface area contributed by atoms with E-state index in [4.69, 9.17) is 4.52 Å². The predicted octanol–water partition coefficient (Wildman–Crippen LogP) is 3.32. The van der Waals surface area contributed by atoms with Gasteiger partial charge in [0.05, 0.1) is 6.61 Å². The van der Waals surface area contributed by atoms with Crippen LogP contribution in [-0.2, 0) is 9.09 Å². The molecule has 6 heteroatoms. The Morgan fingerprint density at radius 3 is 2.26 bits per heavy atom. The standard InChI is InChI=1S/C17H17O5P/c1-2-22-23(20,21)12-16(18)14-9-6-10-15(11-14)17(19)13-7-4-3-5-8-13/h3-11H,2,12H2,1H3,(H,20,21). The predicted molar refractivity (Wildman–Crippen MR) is 87.0 cm³/mol. The summed E-state index contributed by atoms with van der Waals surface area (Å²) in [6.07, 6.45) is -0.607. The van der Waals surface area contributed by atoms with Gasteiger partial charge < -0.3 is 9.42 Å². The van der Waals surface area contributed by atoms with Crippen LogP contribution in [0.4, 0.5) is 0 Å². The molecule has 120 valence electrons. The monoisotopic (exact) mass is 332 g/mol. The van der Waals surface area contributed by atoms with E-state index in [2.05, 4.69) is 0 Å². The molecule has 0 aromatic heterocycles. The Labute approximate surface area is 134 Å². The van der Waals surface area contributed by atoms with Gasteiger partial charge in [0.25, 0.3) is 0 Å². The highest BCUT2D eigenvalue weighted by Crippen LogP contribution is 2.42. The van der Waals surface area contributed by atoms with Gasteiger partial charge in [0.15, 0.2) is 11.6 Å². The molecule has 2 aromatic rings. The van der Waals surface area contributed by atoms with E-state index in [0.29, 0.717) is 11.1 Å². The second kappa shape index (κ2) is 7.47. The Balaban J connectivity index is 2.22. The van der Waals surface area contributed by atoms with Gasteiger partial charge in [-0.1, -0.05) is 48.5 Å². The highest BCUT2D eigenvalue weighted by molar-refractivity contribution is 7.53. The van der Waals surface area contributed by atoms with Crippen LogP contribution in [0.15, 0.2) is 54.6 Å². The lowest BCUT2D eigenvalue weighted by Crippen LogP contribution is -2.09. The van der Waals surface area contributed by atoms with E-state index in [1.807, 2.05) is 6.07 Å². The SMILES string of the molecule is CCOP(=O)(O)CC(=O)c1cccc(C(=O)c2ccccc2)c1. The summed E-state index contributed by atoms with van der Waals surface area (Å²) in [6, 6.07) is 14.8. The number of hydrogen-bond donors (Lipinski definition) is 1. The third kappa shape index (κ3) is 4.70. The first-order valence-electron chi connectivity index (χ1n) is 7.12. The molecule has 1 N–H and O–H groups in total. The number of carbonyl (C=O) groups excluding carboxylic acids is 2. The number of Topliss-reactive ketones (excluding diaryl/α,β-unsaturated/α-hetero) is 1. The van der Waals surface area contributed by atoms with Crippen LogP contribution in [0.3, 0.4) is 0 Å². The maximum absolute atomic E-state index is 12.4. The summed E-state index contributed by atoms with van der Waals surface area (Å²) in [4.78, 5) is 34.0. The van der Waals surface area contributed by atoms with E-state index in [0.717, 1.165) is 0 Å². The summed E-state index contributed by atoms with van der Waals surface area (Å²) < 4.78 is 16.4. The fraction of sp³-hybridized carbons (Fsp3) is 0.176. The topological polar surface area (TPSA) is 80.7 Å². The van der Waals surface area contributed by atoms with Gasteiger partial charge in [0.1, 0.15) is 6.16 Å². The molecule has 0 saturated heterocycles. The molecule has 0 spiro atoms. The Kier molecular flexibility index (Phi) is 5.61. The van der Waals surface area contributed by atoms with Crippen LogP contribution in [0.5, 0.6) is 0 Å². The zero-order valence-corrected chi connectivity index (χ0v) is 13.5. The Morgan fingerprint density at radius 2 is 1.61 bits per heavy atom. The first-order chi connectivity index (χ1) is 10.9. The van der Waals surface area contributed by atoms with Gasteiger partial charge >= 0.3 is 7.60 Å². The third-order valence-electron chi connectivity index (χ3n) is 3.16. The molecule has 0 heterocycles. The number of hydrogen-bond acceptors (Lipinski definition) is 4. The van der Waals surface area contributed by atoms with Crippen molar-refractivity contribution in [1.29, 1.82) is 0 Å². The molecular formula is C17H17O5P. The van der Waals surface area contributed by atoms with E-state index < -0.39 is 19.5 Å². The van der Waals surface area contributed by atoms with E-state index in [9.17, 15) is 19.0 Å². The summed E-state index contributed by atoms with van der Waals surface area (Å²) in [5.41, 5.74) is 1.08. The van der Waals surface area contributed by atoms with E-state index in [1.54, 1.807) is 43.3 Å². The molecule has 0 saturated carbocycles. The summed E-state index contributed by atoms with van der Waals surface area (Å²) in [6.45, 7) is 1.63. The molecule has 0 bridgehead atoms. The minimum Gasteiger partial charge on any atom is -0.324 e. The first-order valence-corrected chi connectivity index (χ1v) is 8.88. The third-order valence-corrected chi connectivity index (χ3v) is 4.51. The average Bonchev–Trinajstić information content (AvgIpc) is 2.54. The van der Waals surface area contributed by atoms with Gasteiger partial charge in [-0.3, -0.25) is 14.2 Å². The zero-order valence-electron chi connectivity index (χ0n) is 12.6. The van der Waals surface area contributed by atoms with E-state index >= 15 is 0 Å². The molecule has 0 aliphatic heterocycles. The van der Waals surface area contributed by atoms with E-state index in [1.165, 1.54) is 12.1 Å². The van der Waals surface area contributed by atoms with Gasteiger partial charge in [-0.25, -0.2) is 0 Å². The van der Waals surface area contributed by atoms with Crippen LogP contribution >= 0.6 is 7.60 Å². The van der Waals surface area contributed by atoms with Gasteiger partial charge in [0, 0.05) is 16.7 Å². The van der Waals surface area contributed by atoms with Crippen molar-refractivity contribution >= 4 is 19.2 Å². The van der Waals surface area contributed by atoms with Gasteiger partial charge in [-0.2, -0.15) is 0 Å². The largest absolute Gasteiger partial charge is 0.335 e. The Hall–Kier alpha value is -2.07. The van der Waals surface area contributed by atoms with Crippen molar-refractivity contribution in [2.75, 3.05) is 12.8 Å². The van der Waals surface area contributed by atoms with Gasteiger partial charge in [0.2, 0.25) is 0 Å². The highest BCUT2D eigenvalue weighted by atomic mass is 31.2. The van der Waals surface area contributed by atoms with Crippen LogP contribution in [0, 0.1) is 0 Å². The Bertz CT molecular complexity index is 755. The normalized spacial score (nSPS) is 13.3. The molecule has 2 aromatic carbocycles. The first kappa shape index (κ1) is 17.3. The van der Waals surface area contributed by atoms with Crippen LogP contribution in [0.1, 0.15) is 33.2 Å². The van der Waals surface area contributed by atoms with Crippen molar-refractivity contribution in [1.82, 2.24) is 0 Å². The minimum atomic E-state index is -3.95. The Morgan fingerprint density at radius 1 is 1.00 bits per heavy atom. The van der Waals surface area contributed by atoms with Crippen LogP contribution in [0.25, 0.3) is 0 Å². The number of carbonyl (C=O) groups is 2. The summed E-state index contributed by atoms with van der Waals surface area (Å²) in [5.74, 6) is -0.746. The molecule has 1 atom stereocenters. The molecule has 1 unspecified atom stereocenters. The molecular weight excluding hydrogens is 315 g/mol. The maximum atomic E-state index is 12.4. The molecule has 2 rings (SSSR count). The van der Waals surface area contributed by atoms with Crippen molar-refractivity contribution in [2.24, 2.45) is 0 Å². The van der Waals surface area contributed by atoms with Gasteiger partial charge in [-0.15, -0.1) is 0 Å². The molecule has 0 amide bonds. The lowest BCUT2D eigenvalue weighted by molar-refractivity contribution is 0.101. The average molecular weight is 332 g/mol. The lowest BCUT2D eigenvalue weighted by atomic mass is 10.0. The number of rotatable bonds is 7. The maximum Gasteiger partial charge on any atom is 0.335 e. The molecule has 0 aliphatic rings. The van der Waals surface area contributed by atoms with Crippen LogP contribution in [0.2, 0.25) is 0 Å². The fourth-order valence-corrected chi connectivity index (χ4v) is 3.15. The zero-order chi connectivity index (χ0) is 16.9. The van der Waals surface area contributed by atoms with Crippen molar-refractivity contribution in [3.63, 3.8) is 0 Å². The second-order valence-corrected chi connectivity index (χ2v) is 6.76. The van der Waals surface area contributed by atoms with Crippen LogP contribution in [-0.4, -0.2) is 29.2 Å². The molecule has 5 nitrogen and oxygen atoms in total. The molecule has 0 fully saturated rings. The molecule has 23 heavy (non-hydrogen) atoms. The summed E-state index contributed by atoms with van der Waals surface area (Å²) in [5, 5.41) is 0. The lowest BCUT2D eigenvalue weighted by Gasteiger charge is -2.10. The molecule has 0 aliphatic carbocycles.